The van der Waals surface area contributed by atoms with Gasteiger partial charge in [0.15, 0.2) is 5.65 Å². The van der Waals surface area contributed by atoms with Crippen molar-refractivity contribution in [2.75, 3.05) is 4.72 Å². The molecule has 0 aliphatic carbocycles. The molecule has 11 heteroatoms. The molecule has 0 fully saturated rings. The van der Waals surface area contributed by atoms with Gasteiger partial charge in [0.1, 0.15) is 10.7 Å². The van der Waals surface area contributed by atoms with E-state index in [9.17, 15) is 12.8 Å². The van der Waals surface area contributed by atoms with E-state index in [0.717, 1.165) is 17.7 Å². The SMILES string of the molecule is CC(C)Oc1cc(CN=C/C=C\N)cc2nnc(NS(=O)(=O)c3ccccc3F)n12.[HH]. The maximum absolute atomic E-state index is 14.0. The van der Waals surface area contributed by atoms with Crippen LogP contribution in [0.3, 0.4) is 0 Å². The van der Waals surface area contributed by atoms with Crippen molar-refractivity contribution in [2.45, 2.75) is 31.4 Å². The smallest absolute Gasteiger partial charge is 0.267 e. The fraction of sp³-hybridized carbons (Fsp3) is 0.211. The Kier molecular flexibility index (Phi) is 6.31. The van der Waals surface area contributed by atoms with Crippen LogP contribution < -0.4 is 15.2 Å². The molecule has 0 aliphatic rings. The van der Waals surface area contributed by atoms with Gasteiger partial charge in [0.2, 0.25) is 11.8 Å². The van der Waals surface area contributed by atoms with Crippen molar-refractivity contribution in [2.24, 2.45) is 10.7 Å². The zero-order valence-electron chi connectivity index (χ0n) is 16.4. The van der Waals surface area contributed by atoms with Crippen LogP contribution in [0.2, 0.25) is 0 Å². The van der Waals surface area contributed by atoms with Crippen LogP contribution in [-0.4, -0.2) is 35.3 Å². The van der Waals surface area contributed by atoms with Gasteiger partial charge in [-0.05, 0) is 49.9 Å². The summed E-state index contributed by atoms with van der Waals surface area (Å²) >= 11 is 0. The van der Waals surface area contributed by atoms with Crippen LogP contribution in [0.4, 0.5) is 10.3 Å². The molecule has 3 N–H and O–H groups in total. The summed E-state index contributed by atoms with van der Waals surface area (Å²) < 4.78 is 48.8. The summed E-state index contributed by atoms with van der Waals surface area (Å²) in [7, 11) is -4.23. The Balaban J connectivity index is 0.00000341. The van der Waals surface area contributed by atoms with Gasteiger partial charge in [-0.1, -0.05) is 12.1 Å². The summed E-state index contributed by atoms with van der Waals surface area (Å²) in [4.78, 5) is 3.72. The average Bonchev–Trinajstić information content (AvgIpc) is 3.07. The van der Waals surface area contributed by atoms with Crippen LogP contribution in [0.5, 0.6) is 5.88 Å². The molecule has 160 valence electrons. The van der Waals surface area contributed by atoms with E-state index >= 15 is 0 Å². The van der Waals surface area contributed by atoms with E-state index in [2.05, 4.69) is 19.9 Å². The van der Waals surface area contributed by atoms with Crippen LogP contribution in [0, 0.1) is 5.82 Å². The highest BCUT2D eigenvalue weighted by molar-refractivity contribution is 7.92. The van der Waals surface area contributed by atoms with Gasteiger partial charge >= 0.3 is 0 Å². The number of allylic oxidation sites excluding steroid dienone is 1. The number of rotatable bonds is 8. The van der Waals surface area contributed by atoms with E-state index in [1.165, 1.54) is 22.7 Å². The van der Waals surface area contributed by atoms with E-state index in [1.807, 2.05) is 13.8 Å². The fourth-order valence-electron chi connectivity index (χ4n) is 2.63. The third-order valence-electron chi connectivity index (χ3n) is 3.82. The lowest BCUT2D eigenvalue weighted by Crippen LogP contribution is -2.17. The molecule has 30 heavy (non-hydrogen) atoms. The van der Waals surface area contributed by atoms with Crippen LogP contribution in [0.15, 0.2) is 58.6 Å². The molecule has 1 aromatic carbocycles. The number of hydrogen-bond acceptors (Lipinski definition) is 7. The highest BCUT2D eigenvalue weighted by Crippen LogP contribution is 2.25. The predicted octanol–water partition coefficient (Wildman–Crippen LogP) is 2.75. The molecule has 3 rings (SSSR count). The van der Waals surface area contributed by atoms with E-state index < -0.39 is 20.7 Å². The van der Waals surface area contributed by atoms with Crippen LogP contribution in [-0.2, 0) is 16.6 Å². The van der Waals surface area contributed by atoms with E-state index in [0.29, 0.717) is 18.1 Å². The first-order chi connectivity index (χ1) is 14.3. The third-order valence-corrected chi connectivity index (χ3v) is 5.18. The molecule has 0 radical (unpaired) electrons. The van der Waals surface area contributed by atoms with Crippen LogP contribution >= 0.6 is 0 Å². The molecule has 0 amide bonds. The lowest BCUT2D eigenvalue weighted by molar-refractivity contribution is 0.230. The number of nitrogens with zero attached hydrogens (tertiary/aromatic N) is 4. The molecule has 2 heterocycles. The van der Waals surface area contributed by atoms with Gasteiger partial charge in [-0.25, -0.2) is 21.9 Å². The maximum atomic E-state index is 14.0. The van der Waals surface area contributed by atoms with Crippen molar-refractivity contribution in [1.29, 1.82) is 0 Å². The number of benzene rings is 1. The molecule has 9 nitrogen and oxygen atoms in total. The van der Waals surface area contributed by atoms with Crippen molar-refractivity contribution >= 4 is 27.8 Å². The predicted molar refractivity (Wildman–Crippen MR) is 114 cm³/mol. The van der Waals surface area contributed by atoms with Gasteiger partial charge in [-0.2, -0.15) is 0 Å². The number of nitrogens with one attached hydrogen (secondary N) is 1. The van der Waals surface area contributed by atoms with Gasteiger partial charge in [0.05, 0.1) is 12.6 Å². The molecular weight excluding hydrogens is 411 g/mol. The number of fused-ring (bicyclic) bond motifs is 1. The molecule has 0 bridgehead atoms. The Hall–Kier alpha value is -3.47. The van der Waals surface area contributed by atoms with Crippen molar-refractivity contribution in [1.82, 2.24) is 14.6 Å². The third kappa shape index (κ3) is 4.74. The Bertz CT molecular complexity index is 1210. The van der Waals surface area contributed by atoms with Gasteiger partial charge in [0, 0.05) is 13.7 Å². The van der Waals surface area contributed by atoms with E-state index in [4.69, 9.17) is 10.5 Å². The summed E-state index contributed by atoms with van der Waals surface area (Å²) in [6.45, 7) is 3.99. The monoisotopic (exact) mass is 434 g/mol. The average molecular weight is 434 g/mol. The lowest BCUT2D eigenvalue weighted by atomic mass is 10.2. The Labute approximate surface area is 174 Å². The molecule has 0 saturated heterocycles. The number of nitrogens with two attached hydrogens (primary N) is 1. The van der Waals surface area contributed by atoms with Crippen molar-refractivity contribution in [3.63, 3.8) is 0 Å². The minimum Gasteiger partial charge on any atom is -0.476 e. The standard InChI is InChI=1S/C19H21FN6O3S.H2/c1-13(2)29-18-11-14(12-22-9-5-8-21)10-17-23-24-19(26(17)18)25-30(27,28)16-7-4-3-6-15(16)20;/h3-11,13H,12,21H2,1-2H3,(H,24,25);1H/b8-5-,22-9?;. The van der Waals surface area contributed by atoms with Gasteiger partial charge in [-0.3, -0.25) is 4.99 Å². The number of ether oxygens (including phenoxy) is 1. The maximum Gasteiger partial charge on any atom is 0.267 e. The quantitative estimate of drug-likeness (QED) is 0.526. The topological polar surface area (TPSA) is 124 Å². The minimum absolute atomic E-state index is 0. The second-order valence-corrected chi connectivity index (χ2v) is 8.15. The number of aromatic nitrogens is 3. The summed E-state index contributed by atoms with van der Waals surface area (Å²) in [6, 6.07) is 8.47. The van der Waals surface area contributed by atoms with Gasteiger partial charge < -0.3 is 10.5 Å². The number of anilines is 1. The summed E-state index contributed by atoms with van der Waals surface area (Å²) in [5, 5.41) is 7.93. The molecular formula is C19H23FN6O3S. The molecule has 0 atom stereocenters. The lowest BCUT2D eigenvalue weighted by Gasteiger charge is -2.14. The van der Waals surface area contributed by atoms with Crippen LogP contribution in [0.25, 0.3) is 5.65 Å². The first-order valence-electron chi connectivity index (χ1n) is 9.00. The molecule has 0 saturated carbocycles. The Morgan fingerprint density at radius 3 is 2.80 bits per heavy atom. The van der Waals surface area contributed by atoms with Gasteiger partial charge in [-0.15, -0.1) is 10.2 Å². The van der Waals surface area contributed by atoms with Gasteiger partial charge in [0.25, 0.3) is 10.0 Å². The number of hydrogen-bond donors (Lipinski definition) is 2. The summed E-state index contributed by atoms with van der Waals surface area (Å²) in [5.74, 6) is -0.674. The van der Waals surface area contributed by atoms with Crippen molar-refractivity contribution in [3.8, 4) is 5.88 Å². The Morgan fingerprint density at radius 1 is 1.33 bits per heavy atom. The second kappa shape index (κ2) is 8.91. The van der Waals surface area contributed by atoms with Crippen LogP contribution in [0.1, 0.15) is 20.8 Å². The Morgan fingerprint density at radius 2 is 2.10 bits per heavy atom. The first kappa shape index (κ1) is 21.2. The molecule has 3 aromatic rings. The zero-order chi connectivity index (χ0) is 21.7. The molecule has 0 spiro atoms. The first-order valence-corrected chi connectivity index (χ1v) is 10.5. The number of pyridine rings is 1. The molecule has 0 unspecified atom stereocenters. The fourth-order valence-corrected chi connectivity index (χ4v) is 3.69. The summed E-state index contributed by atoms with van der Waals surface area (Å²) in [5.41, 5.74) is 6.39. The number of halogens is 1. The second-order valence-electron chi connectivity index (χ2n) is 6.50. The normalized spacial score (nSPS) is 12.4. The minimum atomic E-state index is -4.23. The zero-order valence-corrected chi connectivity index (χ0v) is 17.2. The number of aliphatic imine (C=N–C) groups is 1. The molecule has 0 aliphatic heterocycles. The number of sulfonamides is 1. The highest BCUT2D eigenvalue weighted by Gasteiger charge is 2.23. The molecule has 2 aromatic heterocycles. The summed E-state index contributed by atoms with van der Waals surface area (Å²) in [6.07, 6.45) is 4.32. The largest absolute Gasteiger partial charge is 0.476 e. The van der Waals surface area contributed by atoms with E-state index in [1.54, 1.807) is 24.4 Å². The van der Waals surface area contributed by atoms with E-state index in [-0.39, 0.29) is 13.5 Å². The van der Waals surface area contributed by atoms with Crippen molar-refractivity contribution in [3.05, 3.63) is 60.1 Å². The van der Waals surface area contributed by atoms with Crippen molar-refractivity contribution < 1.29 is 19.0 Å². The highest BCUT2D eigenvalue weighted by atomic mass is 32.2.